The Balaban J connectivity index is 1.69. The molecule has 0 aromatic heterocycles. The monoisotopic (exact) mass is 340 g/mol. The molecule has 0 spiro atoms. The molecule has 4 aliphatic carbocycles. The van der Waals surface area contributed by atoms with Crippen molar-refractivity contribution >= 4 is 5.78 Å². The van der Waals surface area contributed by atoms with Gasteiger partial charge < -0.3 is 4.74 Å². The number of fused-ring (bicyclic) bond motifs is 5. The summed E-state index contributed by atoms with van der Waals surface area (Å²) >= 11 is 0. The molecule has 0 saturated heterocycles. The Labute approximate surface area is 152 Å². The van der Waals surface area contributed by atoms with Crippen LogP contribution in [-0.4, -0.2) is 18.5 Å². The molecule has 3 saturated carbocycles. The fraction of sp³-hybridized carbons (Fsp3) is 0.739. The Morgan fingerprint density at radius 3 is 2.80 bits per heavy atom. The van der Waals surface area contributed by atoms with Crippen LogP contribution in [0, 0.1) is 29.1 Å². The molecule has 4 aliphatic rings. The number of rotatable bonds is 3. The Morgan fingerprint density at radius 2 is 2.08 bits per heavy atom. The van der Waals surface area contributed by atoms with E-state index < -0.39 is 0 Å². The zero-order valence-electron chi connectivity index (χ0n) is 15.9. The molecule has 3 fully saturated rings. The lowest BCUT2D eigenvalue weighted by Crippen LogP contribution is -2.54. The maximum Gasteiger partial charge on any atom is 0.155 e. The summed E-state index contributed by atoms with van der Waals surface area (Å²) in [6.07, 6.45) is 14.5. The molecule has 0 radical (unpaired) electrons. The van der Waals surface area contributed by atoms with Gasteiger partial charge in [0, 0.05) is 18.9 Å². The van der Waals surface area contributed by atoms with Gasteiger partial charge in [-0.3, -0.25) is 4.79 Å². The number of methoxy groups -OCH3 is 1. The smallest absolute Gasteiger partial charge is 0.155 e. The van der Waals surface area contributed by atoms with Crippen LogP contribution in [0.1, 0.15) is 64.7 Å². The molecule has 4 rings (SSSR count). The van der Waals surface area contributed by atoms with E-state index in [9.17, 15) is 4.79 Å². The van der Waals surface area contributed by atoms with Crippen LogP contribution in [0.2, 0.25) is 0 Å². The van der Waals surface area contributed by atoms with Crippen molar-refractivity contribution in [1.29, 1.82) is 0 Å². The zero-order chi connectivity index (χ0) is 17.7. The van der Waals surface area contributed by atoms with E-state index in [4.69, 9.17) is 4.74 Å². The van der Waals surface area contributed by atoms with E-state index in [0.29, 0.717) is 11.7 Å². The average molecular weight is 341 g/mol. The highest BCUT2D eigenvalue weighted by Gasteiger charge is 2.63. The third-order valence-corrected chi connectivity index (χ3v) is 8.51. The predicted molar refractivity (Wildman–Crippen MR) is 100 cm³/mol. The zero-order valence-corrected chi connectivity index (χ0v) is 15.9. The minimum absolute atomic E-state index is 0.169. The molecule has 2 nitrogen and oxygen atoms in total. The van der Waals surface area contributed by atoms with Gasteiger partial charge in [0.15, 0.2) is 5.78 Å². The van der Waals surface area contributed by atoms with Gasteiger partial charge in [-0.2, -0.15) is 0 Å². The molecule has 0 aromatic carbocycles. The summed E-state index contributed by atoms with van der Waals surface area (Å²) in [7, 11) is 1.88. The van der Waals surface area contributed by atoms with Gasteiger partial charge >= 0.3 is 0 Å². The van der Waals surface area contributed by atoms with Crippen molar-refractivity contribution < 1.29 is 9.53 Å². The summed E-state index contributed by atoms with van der Waals surface area (Å²) in [6, 6.07) is 0. The second-order valence-corrected chi connectivity index (χ2v) is 8.83. The van der Waals surface area contributed by atoms with E-state index in [-0.39, 0.29) is 11.0 Å². The number of hydrogen-bond acceptors (Lipinski definition) is 2. The van der Waals surface area contributed by atoms with Gasteiger partial charge in [-0.15, -0.1) is 5.73 Å². The SMILES string of the molecule is C=C=C[C@]1(OC)CC[C@H]2[C@@H]3CCC4=CC(=O)CC[C@@H]4[C@H]3CCC21CC. The first-order valence-corrected chi connectivity index (χ1v) is 10.3. The van der Waals surface area contributed by atoms with Gasteiger partial charge in [0.05, 0.1) is 5.60 Å². The first-order chi connectivity index (χ1) is 12.1. The lowest BCUT2D eigenvalue weighted by molar-refractivity contribution is -0.124. The number of ether oxygens (including phenoxy) is 1. The van der Waals surface area contributed by atoms with Crippen molar-refractivity contribution in [3.8, 4) is 0 Å². The average Bonchev–Trinajstić information content (AvgIpc) is 2.96. The Kier molecular flexibility index (Phi) is 4.33. The van der Waals surface area contributed by atoms with Crippen LogP contribution in [-0.2, 0) is 9.53 Å². The number of carbonyl (C=O) groups excluding carboxylic acids is 1. The first-order valence-electron chi connectivity index (χ1n) is 10.3. The van der Waals surface area contributed by atoms with E-state index in [1.165, 1.54) is 37.7 Å². The van der Waals surface area contributed by atoms with Crippen LogP contribution in [0.15, 0.2) is 30.0 Å². The van der Waals surface area contributed by atoms with E-state index in [1.54, 1.807) is 0 Å². The number of ketones is 1. The molecule has 0 heterocycles. The third kappa shape index (κ3) is 2.30. The molecule has 0 aromatic rings. The van der Waals surface area contributed by atoms with E-state index >= 15 is 0 Å². The quantitative estimate of drug-likeness (QED) is 0.656. The number of allylic oxidation sites excluding steroid dienone is 1. The molecular weight excluding hydrogens is 308 g/mol. The van der Waals surface area contributed by atoms with Crippen LogP contribution in [0.4, 0.5) is 0 Å². The van der Waals surface area contributed by atoms with Crippen molar-refractivity contribution in [2.24, 2.45) is 29.1 Å². The maximum absolute atomic E-state index is 11.8. The van der Waals surface area contributed by atoms with Crippen molar-refractivity contribution in [3.63, 3.8) is 0 Å². The summed E-state index contributed by atoms with van der Waals surface area (Å²) in [5.41, 5.74) is 4.62. The van der Waals surface area contributed by atoms with Crippen molar-refractivity contribution in [1.82, 2.24) is 0 Å². The summed E-state index contributed by atoms with van der Waals surface area (Å²) in [4.78, 5) is 11.8. The molecule has 2 heteroatoms. The van der Waals surface area contributed by atoms with Gasteiger partial charge in [0.2, 0.25) is 0 Å². The van der Waals surface area contributed by atoms with Gasteiger partial charge in [0.25, 0.3) is 0 Å². The van der Waals surface area contributed by atoms with Crippen molar-refractivity contribution in [2.45, 2.75) is 70.3 Å². The molecule has 0 bridgehead atoms. The van der Waals surface area contributed by atoms with Crippen LogP contribution < -0.4 is 0 Å². The van der Waals surface area contributed by atoms with E-state index in [0.717, 1.165) is 43.4 Å². The highest BCUT2D eigenvalue weighted by Crippen LogP contribution is 2.67. The van der Waals surface area contributed by atoms with Crippen molar-refractivity contribution in [2.75, 3.05) is 7.11 Å². The topological polar surface area (TPSA) is 26.3 Å². The molecule has 0 aliphatic heterocycles. The number of hydrogen-bond donors (Lipinski definition) is 0. The van der Waals surface area contributed by atoms with Crippen LogP contribution in [0.5, 0.6) is 0 Å². The number of carbonyl (C=O) groups is 1. The third-order valence-electron chi connectivity index (χ3n) is 8.51. The lowest BCUT2D eigenvalue weighted by Gasteiger charge is -2.57. The minimum atomic E-state index is -0.169. The molecule has 25 heavy (non-hydrogen) atoms. The molecule has 6 atom stereocenters. The van der Waals surface area contributed by atoms with Crippen molar-refractivity contribution in [3.05, 3.63) is 30.0 Å². The van der Waals surface area contributed by atoms with Crippen LogP contribution in [0.3, 0.4) is 0 Å². The second-order valence-electron chi connectivity index (χ2n) is 8.83. The minimum Gasteiger partial charge on any atom is -0.373 e. The van der Waals surface area contributed by atoms with E-state index in [2.05, 4.69) is 25.3 Å². The van der Waals surface area contributed by atoms with Gasteiger partial charge in [0.1, 0.15) is 0 Å². The lowest BCUT2D eigenvalue weighted by atomic mass is 9.49. The Morgan fingerprint density at radius 1 is 1.24 bits per heavy atom. The maximum atomic E-state index is 11.8. The molecule has 1 unspecified atom stereocenters. The summed E-state index contributed by atoms with van der Waals surface area (Å²) in [5.74, 6) is 3.38. The molecule has 0 amide bonds. The molecule has 136 valence electrons. The summed E-state index contributed by atoms with van der Waals surface area (Å²) in [6.45, 7) is 6.22. The standard InChI is InChI=1S/C23H32O2/c1-4-12-23(25-3)14-11-21-20-8-6-16-15-17(24)7-9-18(16)19(20)10-13-22(21,23)5-2/h12,15,18-21H,1,5-11,13-14H2,2-3H3/t18-,19+,20+,21-,22?,23-/m0/s1. The first kappa shape index (κ1) is 17.3. The highest BCUT2D eigenvalue weighted by molar-refractivity contribution is 5.91. The molecule has 0 N–H and O–H groups in total. The van der Waals surface area contributed by atoms with Gasteiger partial charge in [-0.05, 0) is 87.2 Å². The Hall–Kier alpha value is -1.11. The van der Waals surface area contributed by atoms with Crippen LogP contribution in [0.25, 0.3) is 0 Å². The van der Waals surface area contributed by atoms with Crippen LogP contribution >= 0.6 is 0 Å². The largest absolute Gasteiger partial charge is 0.373 e. The normalized spacial score (nSPS) is 45.7. The second kappa shape index (κ2) is 6.25. The summed E-state index contributed by atoms with van der Waals surface area (Å²) < 4.78 is 6.19. The summed E-state index contributed by atoms with van der Waals surface area (Å²) in [5, 5.41) is 0. The van der Waals surface area contributed by atoms with Gasteiger partial charge in [-0.1, -0.05) is 19.1 Å². The highest BCUT2D eigenvalue weighted by atomic mass is 16.5. The molecular formula is C23H32O2. The van der Waals surface area contributed by atoms with Gasteiger partial charge in [-0.25, -0.2) is 0 Å². The predicted octanol–water partition coefficient (Wildman–Crippen LogP) is 5.24. The fourth-order valence-electron chi connectivity index (χ4n) is 7.51. The van der Waals surface area contributed by atoms with E-state index in [1.807, 2.05) is 13.2 Å². The Bertz CT molecular complexity index is 640. The fourth-order valence-corrected chi connectivity index (χ4v) is 7.51.